The van der Waals surface area contributed by atoms with Crippen LogP contribution in [-0.2, 0) is 0 Å². The molecule has 1 aromatic carbocycles. The predicted molar refractivity (Wildman–Crippen MR) is 78.4 cm³/mol. The lowest BCUT2D eigenvalue weighted by Crippen LogP contribution is -2.30. The number of halogens is 1. The summed E-state index contributed by atoms with van der Waals surface area (Å²) in [6, 6.07) is 2.86. The number of benzene rings is 1. The first-order chi connectivity index (χ1) is 9.61. The monoisotopic (exact) mass is 282 g/mol. The Morgan fingerprint density at radius 3 is 2.85 bits per heavy atom. The highest BCUT2D eigenvalue weighted by Gasteiger charge is 2.23. The molecule has 2 rings (SSSR count). The highest BCUT2D eigenvalue weighted by Crippen LogP contribution is 2.30. The van der Waals surface area contributed by atoms with Crippen LogP contribution >= 0.6 is 0 Å². The second-order valence-electron chi connectivity index (χ2n) is 5.30. The Bertz CT molecular complexity index is 454. The average Bonchev–Trinajstić information content (AvgIpc) is 2.42. The molecule has 2 unspecified atom stereocenters. The minimum atomic E-state index is -0.451. The van der Waals surface area contributed by atoms with Crippen molar-refractivity contribution in [2.75, 3.05) is 24.2 Å². The van der Waals surface area contributed by atoms with Gasteiger partial charge in [-0.25, -0.2) is 4.39 Å². The third-order valence-corrected chi connectivity index (χ3v) is 3.83. The van der Waals surface area contributed by atoms with Crippen LogP contribution in [0.15, 0.2) is 12.1 Å². The molecule has 0 aliphatic heterocycles. The van der Waals surface area contributed by atoms with E-state index < -0.39 is 5.82 Å². The van der Waals surface area contributed by atoms with Crippen molar-refractivity contribution in [3.63, 3.8) is 0 Å². The zero-order valence-electron chi connectivity index (χ0n) is 11.9. The Labute approximate surface area is 119 Å². The maximum atomic E-state index is 13.6. The van der Waals surface area contributed by atoms with Crippen molar-refractivity contribution in [1.29, 1.82) is 0 Å². The second-order valence-corrected chi connectivity index (χ2v) is 5.30. The largest absolute Gasteiger partial charge is 0.491 e. The average molecular weight is 282 g/mol. The fraction of sp³-hybridized carbons (Fsp3) is 0.600. The summed E-state index contributed by atoms with van der Waals surface area (Å²) in [4.78, 5) is 0. The van der Waals surface area contributed by atoms with Gasteiger partial charge in [0.25, 0.3) is 0 Å². The highest BCUT2D eigenvalue weighted by atomic mass is 19.1. The summed E-state index contributed by atoms with van der Waals surface area (Å²) in [5.41, 5.74) is 6.83. The Morgan fingerprint density at radius 2 is 2.15 bits per heavy atom. The maximum Gasteiger partial charge on any atom is 0.167 e. The van der Waals surface area contributed by atoms with E-state index in [0.717, 1.165) is 25.7 Å². The number of anilines is 2. The fourth-order valence-corrected chi connectivity index (χ4v) is 2.66. The van der Waals surface area contributed by atoms with Crippen LogP contribution in [0.25, 0.3) is 0 Å². The minimum absolute atomic E-state index is 0.202. The van der Waals surface area contributed by atoms with Gasteiger partial charge in [-0.05, 0) is 19.8 Å². The van der Waals surface area contributed by atoms with E-state index in [1.165, 1.54) is 6.07 Å². The number of nitrogens with two attached hydrogens (primary N) is 1. The van der Waals surface area contributed by atoms with Gasteiger partial charge in [-0.3, -0.25) is 0 Å². The molecule has 4 N–H and O–H groups in total. The van der Waals surface area contributed by atoms with Gasteiger partial charge in [0, 0.05) is 24.6 Å². The molecule has 1 aliphatic rings. The van der Waals surface area contributed by atoms with Gasteiger partial charge in [-0.2, -0.15) is 0 Å². The molecule has 5 heteroatoms. The molecule has 0 bridgehead atoms. The summed E-state index contributed by atoms with van der Waals surface area (Å²) in [6.45, 7) is 2.85. The Hall–Kier alpha value is -1.49. The lowest BCUT2D eigenvalue weighted by atomic mass is 9.86. The molecular weight excluding hydrogens is 259 g/mol. The number of hydrogen-bond acceptors (Lipinski definition) is 4. The molecule has 2 atom stereocenters. The van der Waals surface area contributed by atoms with Gasteiger partial charge in [0.1, 0.15) is 0 Å². The summed E-state index contributed by atoms with van der Waals surface area (Å²) in [5, 5.41) is 13.2. The molecular formula is C15H23FN2O2. The van der Waals surface area contributed by atoms with Crippen molar-refractivity contribution < 1.29 is 14.2 Å². The van der Waals surface area contributed by atoms with E-state index in [-0.39, 0.29) is 17.8 Å². The molecule has 0 heterocycles. The van der Waals surface area contributed by atoms with Crippen molar-refractivity contribution in [2.24, 2.45) is 5.92 Å². The Kier molecular flexibility index (Phi) is 5.06. The van der Waals surface area contributed by atoms with Crippen molar-refractivity contribution in [3.8, 4) is 5.75 Å². The summed E-state index contributed by atoms with van der Waals surface area (Å²) in [6.07, 6.45) is 3.84. The van der Waals surface area contributed by atoms with Crippen molar-refractivity contribution in [3.05, 3.63) is 17.9 Å². The zero-order chi connectivity index (χ0) is 14.5. The van der Waals surface area contributed by atoms with E-state index in [9.17, 15) is 9.50 Å². The number of aliphatic hydroxyl groups excluding tert-OH is 1. The first-order valence-electron chi connectivity index (χ1n) is 7.25. The summed E-state index contributed by atoms with van der Waals surface area (Å²) >= 11 is 0. The topological polar surface area (TPSA) is 67.5 Å². The lowest BCUT2D eigenvalue weighted by Gasteiger charge is -2.28. The molecule has 0 amide bonds. The van der Waals surface area contributed by atoms with Gasteiger partial charge in [0.05, 0.1) is 24.1 Å². The first-order valence-corrected chi connectivity index (χ1v) is 7.25. The summed E-state index contributed by atoms with van der Waals surface area (Å²) in [7, 11) is 0. The van der Waals surface area contributed by atoms with Gasteiger partial charge >= 0.3 is 0 Å². The molecule has 20 heavy (non-hydrogen) atoms. The van der Waals surface area contributed by atoms with Gasteiger partial charge in [-0.1, -0.05) is 12.8 Å². The first kappa shape index (κ1) is 14.9. The predicted octanol–water partition coefficient (Wildman–Crippen LogP) is 2.77. The van der Waals surface area contributed by atoms with Crippen molar-refractivity contribution >= 4 is 11.4 Å². The van der Waals surface area contributed by atoms with E-state index in [1.807, 2.05) is 0 Å². The third-order valence-electron chi connectivity index (χ3n) is 3.83. The molecule has 4 nitrogen and oxygen atoms in total. The molecule has 0 spiro atoms. The van der Waals surface area contributed by atoms with Gasteiger partial charge in [0.15, 0.2) is 11.6 Å². The van der Waals surface area contributed by atoms with E-state index in [4.69, 9.17) is 10.5 Å². The minimum Gasteiger partial charge on any atom is -0.491 e. The van der Waals surface area contributed by atoms with E-state index in [1.54, 1.807) is 13.0 Å². The summed E-state index contributed by atoms with van der Waals surface area (Å²) in [5.74, 6) is -0.0234. The molecule has 1 fully saturated rings. The van der Waals surface area contributed by atoms with Crippen LogP contribution in [0.2, 0.25) is 0 Å². The maximum absolute atomic E-state index is 13.6. The SMILES string of the molecule is CCOc1cc(NCC2CCCCC2O)c(N)cc1F. The lowest BCUT2D eigenvalue weighted by molar-refractivity contribution is 0.0763. The molecule has 1 aliphatic carbocycles. The van der Waals surface area contributed by atoms with Crippen LogP contribution < -0.4 is 15.8 Å². The number of nitrogen functional groups attached to an aromatic ring is 1. The van der Waals surface area contributed by atoms with E-state index >= 15 is 0 Å². The molecule has 0 radical (unpaired) electrons. The highest BCUT2D eigenvalue weighted by molar-refractivity contribution is 5.68. The second kappa shape index (κ2) is 6.79. The molecule has 0 aromatic heterocycles. The standard InChI is InChI=1S/C15H23FN2O2/c1-2-20-15-8-13(12(17)7-11(15)16)18-9-10-5-3-4-6-14(10)19/h7-8,10,14,18-19H,2-6,9,17H2,1H3. The van der Waals surface area contributed by atoms with Crippen LogP contribution in [0.3, 0.4) is 0 Å². The van der Waals surface area contributed by atoms with Gasteiger partial charge in [0.2, 0.25) is 0 Å². The van der Waals surface area contributed by atoms with Crippen molar-refractivity contribution in [1.82, 2.24) is 0 Å². The third kappa shape index (κ3) is 3.54. The van der Waals surface area contributed by atoms with Crippen LogP contribution in [0.1, 0.15) is 32.6 Å². The zero-order valence-corrected chi connectivity index (χ0v) is 11.9. The number of rotatable bonds is 5. The van der Waals surface area contributed by atoms with Crippen molar-refractivity contribution in [2.45, 2.75) is 38.7 Å². The van der Waals surface area contributed by atoms with Crippen LogP contribution in [0.4, 0.5) is 15.8 Å². The molecule has 1 saturated carbocycles. The number of aliphatic hydroxyl groups is 1. The van der Waals surface area contributed by atoms with Gasteiger partial charge < -0.3 is 20.9 Å². The molecule has 0 saturated heterocycles. The van der Waals surface area contributed by atoms with Crippen LogP contribution in [-0.4, -0.2) is 24.4 Å². The number of hydrogen-bond donors (Lipinski definition) is 3. The normalized spacial score (nSPS) is 22.6. The Balaban J connectivity index is 2.02. The molecule has 1 aromatic rings. The summed E-state index contributed by atoms with van der Waals surface area (Å²) < 4.78 is 18.8. The fourth-order valence-electron chi connectivity index (χ4n) is 2.66. The van der Waals surface area contributed by atoms with E-state index in [2.05, 4.69) is 5.32 Å². The number of ether oxygens (including phenoxy) is 1. The van der Waals surface area contributed by atoms with E-state index in [0.29, 0.717) is 24.5 Å². The van der Waals surface area contributed by atoms with Crippen LogP contribution in [0, 0.1) is 11.7 Å². The smallest absolute Gasteiger partial charge is 0.167 e. The number of nitrogens with one attached hydrogen (secondary N) is 1. The Morgan fingerprint density at radius 1 is 1.40 bits per heavy atom. The van der Waals surface area contributed by atoms with Gasteiger partial charge in [-0.15, -0.1) is 0 Å². The van der Waals surface area contributed by atoms with Crippen LogP contribution in [0.5, 0.6) is 5.75 Å². The molecule has 112 valence electrons. The quantitative estimate of drug-likeness (QED) is 0.726.